The monoisotopic (exact) mass is 469 g/mol. The molecule has 2 heterocycles. The van der Waals surface area contributed by atoms with Crippen LogP contribution < -0.4 is 21.1 Å². The van der Waals surface area contributed by atoms with Crippen LogP contribution in [0.2, 0.25) is 0 Å². The Bertz CT molecular complexity index is 1460. The lowest BCUT2D eigenvalue weighted by molar-refractivity contribution is -0.117. The van der Waals surface area contributed by atoms with Crippen LogP contribution in [0.3, 0.4) is 0 Å². The number of carbonyl (C=O) groups excluding carboxylic acids is 2. The molecule has 176 valence electrons. The number of fused-ring (bicyclic) bond motifs is 1. The molecule has 35 heavy (non-hydrogen) atoms. The maximum atomic E-state index is 12.3. The fourth-order valence-electron chi connectivity index (χ4n) is 3.83. The van der Waals surface area contributed by atoms with Crippen LogP contribution in [0.4, 0.5) is 17.2 Å². The molecular weight excluding hydrogens is 446 g/mol. The van der Waals surface area contributed by atoms with Gasteiger partial charge in [-0.25, -0.2) is 4.98 Å². The molecule has 5 rings (SSSR count). The molecule has 0 bridgehead atoms. The topological polar surface area (TPSA) is 137 Å². The molecule has 4 N–H and O–H groups in total. The Morgan fingerprint density at radius 2 is 1.89 bits per heavy atom. The molecule has 0 aliphatic heterocycles. The average Bonchev–Trinajstić information content (AvgIpc) is 3.65. The summed E-state index contributed by atoms with van der Waals surface area (Å²) in [6.07, 6.45) is 4.37. The van der Waals surface area contributed by atoms with Crippen molar-refractivity contribution in [1.29, 1.82) is 0 Å². The van der Waals surface area contributed by atoms with Crippen molar-refractivity contribution in [2.24, 2.45) is 5.92 Å². The number of hydrogen-bond acceptors (Lipinski definition) is 7. The number of nitrogens with two attached hydrogens (primary N) is 1. The number of amides is 2. The van der Waals surface area contributed by atoms with Crippen LogP contribution in [0.5, 0.6) is 5.75 Å². The second-order valence-electron chi connectivity index (χ2n) is 8.16. The molecule has 1 saturated carbocycles. The second-order valence-corrected chi connectivity index (χ2v) is 8.16. The summed E-state index contributed by atoms with van der Waals surface area (Å²) < 4.78 is 7.02. The smallest absolute Gasteiger partial charge is 0.247 e. The van der Waals surface area contributed by atoms with Crippen LogP contribution in [-0.2, 0) is 9.59 Å². The molecule has 0 saturated heterocycles. The van der Waals surface area contributed by atoms with E-state index in [2.05, 4.69) is 32.4 Å². The maximum Gasteiger partial charge on any atom is 0.247 e. The summed E-state index contributed by atoms with van der Waals surface area (Å²) in [5.41, 5.74) is 10.9. The van der Waals surface area contributed by atoms with Gasteiger partial charge in [0.15, 0.2) is 5.82 Å². The van der Waals surface area contributed by atoms with Gasteiger partial charge < -0.3 is 21.1 Å². The first-order chi connectivity index (χ1) is 17.0. The predicted molar refractivity (Wildman–Crippen MR) is 133 cm³/mol. The molecule has 0 atom stereocenters. The summed E-state index contributed by atoms with van der Waals surface area (Å²) in [5.74, 6) is 0.555. The van der Waals surface area contributed by atoms with Crippen LogP contribution in [0.15, 0.2) is 61.4 Å². The molecule has 2 aromatic carbocycles. The number of rotatable bonds is 7. The van der Waals surface area contributed by atoms with Crippen molar-refractivity contribution in [3.63, 3.8) is 0 Å². The van der Waals surface area contributed by atoms with Crippen molar-refractivity contribution in [2.45, 2.75) is 12.8 Å². The number of nitrogens with one attached hydrogen (secondary N) is 2. The first kappa shape index (κ1) is 22.1. The minimum atomic E-state index is -0.296. The maximum absolute atomic E-state index is 12.3. The van der Waals surface area contributed by atoms with Crippen LogP contribution in [0.1, 0.15) is 12.8 Å². The van der Waals surface area contributed by atoms with E-state index in [9.17, 15) is 9.59 Å². The SMILES string of the molecule is C=CC(=O)Nc1ccc(-c2nn3ncnc(N)c3c2-c2ccc(NC(=O)C3CC3)c(OC)c2)cc1. The van der Waals surface area contributed by atoms with Gasteiger partial charge in [-0.3, -0.25) is 9.59 Å². The van der Waals surface area contributed by atoms with Gasteiger partial charge in [-0.1, -0.05) is 24.8 Å². The second kappa shape index (κ2) is 8.90. The largest absolute Gasteiger partial charge is 0.495 e. The molecule has 10 heteroatoms. The number of anilines is 3. The van der Waals surface area contributed by atoms with Crippen LogP contribution in [0, 0.1) is 5.92 Å². The first-order valence-corrected chi connectivity index (χ1v) is 11.0. The van der Waals surface area contributed by atoms with Crippen molar-refractivity contribution in [3.05, 3.63) is 61.4 Å². The summed E-state index contributed by atoms with van der Waals surface area (Å²) in [7, 11) is 1.55. The number of nitrogens with zero attached hydrogens (tertiary/aromatic N) is 4. The Kier molecular flexibility index (Phi) is 5.61. The van der Waals surface area contributed by atoms with Gasteiger partial charge in [0, 0.05) is 22.7 Å². The van der Waals surface area contributed by atoms with E-state index in [-0.39, 0.29) is 23.6 Å². The molecule has 10 nitrogen and oxygen atoms in total. The Morgan fingerprint density at radius 1 is 1.14 bits per heavy atom. The van der Waals surface area contributed by atoms with E-state index in [1.807, 2.05) is 24.3 Å². The minimum absolute atomic E-state index is 0.00555. The highest BCUT2D eigenvalue weighted by molar-refractivity contribution is 6.00. The van der Waals surface area contributed by atoms with Gasteiger partial charge in [-0.05, 0) is 48.7 Å². The van der Waals surface area contributed by atoms with E-state index in [0.29, 0.717) is 33.9 Å². The highest BCUT2D eigenvalue weighted by atomic mass is 16.5. The molecule has 1 aliphatic rings. The Morgan fingerprint density at radius 3 is 2.57 bits per heavy atom. The van der Waals surface area contributed by atoms with E-state index in [0.717, 1.165) is 24.0 Å². The van der Waals surface area contributed by atoms with Gasteiger partial charge in [-0.15, -0.1) is 14.8 Å². The normalized spacial score (nSPS) is 12.8. The summed E-state index contributed by atoms with van der Waals surface area (Å²) in [5, 5.41) is 14.5. The lowest BCUT2D eigenvalue weighted by Gasteiger charge is -2.13. The molecule has 2 aromatic heterocycles. The number of aromatic nitrogens is 4. The molecule has 0 spiro atoms. The third-order valence-corrected chi connectivity index (χ3v) is 5.78. The highest BCUT2D eigenvalue weighted by Crippen LogP contribution is 2.40. The zero-order chi connectivity index (χ0) is 24.5. The van der Waals surface area contributed by atoms with Crippen LogP contribution >= 0.6 is 0 Å². The molecule has 1 fully saturated rings. The third kappa shape index (κ3) is 4.29. The molecule has 2 amide bonds. The van der Waals surface area contributed by atoms with Crippen LogP contribution in [-0.4, -0.2) is 38.7 Å². The Hall–Kier alpha value is -4.73. The standard InChI is InChI=1S/C25H23N7O3/c1-3-20(33)29-17-9-6-14(7-10-17)22-21(23-24(26)27-13-28-32(23)31-22)16-8-11-18(19(12-16)35-2)30-25(34)15-4-5-15/h3,6-13,15H,1,4-5H2,2H3,(H,29,33)(H,30,34)(H2,26,27,28). The van der Waals surface area contributed by atoms with E-state index in [1.165, 1.54) is 17.0 Å². The van der Waals surface area contributed by atoms with Gasteiger partial charge in [0.25, 0.3) is 0 Å². The lowest BCUT2D eigenvalue weighted by atomic mass is 9.99. The molecular formula is C25H23N7O3. The summed E-state index contributed by atoms with van der Waals surface area (Å²) >= 11 is 0. The zero-order valence-electron chi connectivity index (χ0n) is 19.0. The third-order valence-electron chi connectivity index (χ3n) is 5.78. The van der Waals surface area contributed by atoms with Crippen molar-refractivity contribution >= 4 is 34.5 Å². The van der Waals surface area contributed by atoms with E-state index < -0.39 is 0 Å². The summed E-state index contributed by atoms with van der Waals surface area (Å²) in [6.45, 7) is 3.46. The molecule has 0 unspecified atom stereocenters. The fraction of sp³-hybridized carbons (Fsp3) is 0.160. The van der Waals surface area contributed by atoms with Crippen LogP contribution in [0.25, 0.3) is 27.9 Å². The molecule has 4 aromatic rings. The average molecular weight is 470 g/mol. The van der Waals surface area contributed by atoms with E-state index in [1.54, 1.807) is 25.3 Å². The highest BCUT2D eigenvalue weighted by Gasteiger charge is 2.30. The Balaban J connectivity index is 1.60. The van der Waals surface area contributed by atoms with Gasteiger partial charge in [0.05, 0.1) is 12.8 Å². The van der Waals surface area contributed by atoms with E-state index >= 15 is 0 Å². The fourth-order valence-corrected chi connectivity index (χ4v) is 3.83. The van der Waals surface area contributed by atoms with Gasteiger partial charge in [0.2, 0.25) is 11.8 Å². The number of nitrogen functional groups attached to an aromatic ring is 1. The lowest BCUT2D eigenvalue weighted by Crippen LogP contribution is -2.14. The Labute approximate surface area is 200 Å². The number of hydrogen-bond donors (Lipinski definition) is 3. The predicted octanol–water partition coefficient (Wildman–Crippen LogP) is 3.52. The number of carbonyl (C=O) groups is 2. The molecule has 0 radical (unpaired) electrons. The van der Waals surface area contributed by atoms with Gasteiger partial charge in [-0.2, -0.15) is 0 Å². The van der Waals surface area contributed by atoms with Crippen molar-refractivity contribution < 1.29 is 14.3 Å². The van der Waals surface area contributed by atoms with Crippen molar-refractivity contribution in [1.82, 2.24) is 19.8 Å². The summed E-state index contributed by atoms with van der Waals surface area (Å²) in [4.78, 5) is 28.0. The first-order valence-electron chi connectivity index (χ1n) is 11.0. The quantitative estimate of drug-likeness (QED) is 0.352. The van der Waals surface area contributed by atoms with E-state index in [4.69, 9.17) is 10.5 Å². The van der Waals surface area contributed by atoms with Crippen molar-refractivity contribution in [3.8, 4) is 28.1 Å². The molecule has 1 aliphatic carbocycles. The minimum Gasteiger partial charge on any atom is -0.495 e. The van der Waals surface area contributed by atoms with Crippen molar-refractivity contribution in [2.75, 3.05) is 23.5 Å². The number of ether oxygens (including phenoxy) is 1. The zero-order valence-corrected chi connectivity index (χ0v) is 19.0. The van der Waals surface area contributed by atoms with Gasteiger partial charge in [0.1, 0.15) is 23.3 Å². The van der Waals surface area contributed by atoms with Gasteiger partial charge >= 0.3 is 0 Å². The number of methoxy groups -OCH3 is 1. The summed E-state index contributed by atoms with van der Waals surface area (Å²) in [6, 6.07) is 12.7. The number of benzene rings is 2.